The SMILES string of the molecule is Nc1ccc2cc(OCCOCCn3cc(COc4ccc5nc(N)cc(N6CCCCCC6)c5c4)nn3)ccc2n1. The first-order chi connectivity index (χ1) is 20.6. The van der Waals surface area contributed by atoms with Crippen molar-refractivity contribution in [1.29, 1.82) is 0 Å². The van der Waals surface area contributed by atoms with Gasteiger partial charge in [-0.15, -0.1) is 5.10 Å². The summed E-state index contributed by atoms with van der Waals surface area (Å²) in [5.74, 6) is 2.57. The summed E-state index contributed by atoms with van der Waals surface area (Å²) >= 11 is 0. The lowest BCUT2D eigenvalue weighted by molar-refractivity contribution is 0.0924. The number of anilines is 3. The maximum atomic E-state index is 6.14. The highest BCUT2D eigenvalue weighted by Crippen LogP contribution is 2.32. The van der Waals surface area contributed by atoms with E-state index in [4.69, 9.17) is 25.7 Å². The van der Waals surface area contributed by atoms with Gasteiger partial charge in [0.2, 0.25) is 0 Å². The van der Waals surface area contributed by atoms with Crippen LogP contribution in [0, 0.1) is 0 Å². The smallest absolute Gasteiger partial charge is 0.134 e. The molecule has 0 bridgehead atoms. The maximum absolute atomic E-state index is 6.14. The molecule has 4 heterocycles. The molecule has 5 aromatic rings. The lowest BCUT2D eigenvalue weighted by Crippen LogP contribution is -2.24. The molecule has 1 aliphatic rings. The van der Waals surface area contributed by atoms with Crippen molar-refractivity contribution >= 4 is 39.1 Å². The Hall–Kier alpha value is -4.64. The number of benzene rings is 2. The van der Waals surface area contributed by atoms with Crippen LogP contribution in [0.15, 0.2) is 60.8 Å². The highest BCUT2D eigenvalue weighted by atomic mass is 16.5. The summed E-state index contributed by atoms with van der Waals surface area (Å²) in [7, 11) is 0. The van der Waals surface area contributed by atoms with Gasteiger partial charge in [-0.05, 0) is 61.4 Å². The summed E-state index contributed by atoms with van der Waals surface area (Å²) in [6, 6.07) is 17.4. The molecule has 11 nitrogen and oxygen atoms in total. The first-order valence-corrected chi connectivity index (χ1v) is 14.4. The minimum atomic E-state index is 0.315. The molecule has 1 fully saturated rings. The molecule has 0 atom stereocenters. The number of hydrogen-bond donors (Lipinski definition) is 2. The van der Waals surface area contributed by atoms with E-state index in [9.17, 15) is 0 Å². The molecule has 0 amide bonds. The van der Waals surface area contributed by atoms with Crippen molar-refractivity contribution in [3.05, 3.63) is 66.5 Å². The van der Waals surface area contributed by atoms with Crippen LogP contribution in [0.5, 0.6) is 11.5 Å². The van der Waals surface area contributed by atoms with Gasteiger partial charge in [-0.25, -0.2) is 14.6 Å². The van der Waals surface area contributed by atoms with Crippen molar-refractivity contribution in [2.75, 3.05) is 49.3 Å². The summed E-state index contributed by atoms with van der Waals surface area (Å²) in [6.07, 6.45) is 6.79. The average molecular weight is 569 g/mol. The fourth-order valence-corrected chi connectivity index (χ4v) is 5.23. The van der Waals surface area contributed by atoms with E-state index in [1.165, 1.54) is 25.7 Å². The number of fused-ring (bicyclic) bond motifs is 2. The maximum Gasteiger partial charge on any atom is 0.134 e. The summed E-state index contributed by atoms with van der Waals surface area (Å²) in [4.78, 5) is 11.3. The van der Waals surface area contributed by atoms with Crippen LogP contribution in [0.1, 0.15) is 31.4 Å². The van der Waals surface area contributed by atoms with E-state index in [0.29, 0.717) is 44.6 Å². The Kier molecular flexibility index (Phi) is 8.46. The third kappa shape index (κ3) is 6.80. The van der Waals surface area contributed by atoms with Gasteiger partial charge in [0.25, 0.3) is 0 Å². The molecular weight excluding hydrogens is 532 g/mol. The van der Waals surface area contributed by atoms with Gasteiger partial charge in [0, 0.05) is 35.6 Å². The lowest BCUT2D eigenvalue weighted by atomic mass is 10.1. The molecule has 3 aromatic heterocycles. The Morgan fingerprint density at radius 1 is 0.738 bits per heavy atom. The van der Waals surface area contributed by atoms with Gasteiger partial charge < -0.3 is 30.6 Å². The Balaban J connectivity index is 0.969. The van der Waals surface area contributed by atoms with E-state index in [1.807, 2.05) is 54.7 Å². The molecule has 2 aromatic carbocycles. The number of pyridine rings is 2. The van der Waals surface area contributed by atoms with Crippen LogP contribution in [0.4, 0.5) is 17.3 Å². The van der Waals surface area contributed by atoms with E-state index in [2.05, 4.69) is 25.2 Å². The molecule has 0 spiro atoms. The highest BCUT2D eigenvalue weighted by Gasteiger charge is 2.15. The fourth-order valence-electron chi connectivity index (χ4n) is 5.23. The Bertz CT molecular complexity index is 1650. The third-order valence-electron chi connectivity index (χ3n) is 7.34. The summed E-state index contributed by atoms with van der Waals surface area (Å²) in [6.45, 7) is 4.36. The number of nitrogen functional groups attached to an aromatic ring is 2. The van der Waals surface area contributed by atoms with Crippen LogP contribution in [0.3, 0.4) is 0 Å². The Morgan fingerprint density at radius 3 is 2.38 bits per heavy atom. The van der Waals surface area contributed by atoms with Crippen LogP contribution in [0.25, 0.3) is 21.8 Å². The molecule has 1 aliphatic heterocycles. The van der Waals surface area contributed by atoms with Crippen molar-refractivity contribution in [1.82, 2.24) is 25.0 Å². The van der Waals surface area contributed by atoms with Gasteiger partial charge in [0.05, 0.1) is 37.0 Å². The second-order valence-electron chi connectivity index (χ2n) is 10.5. The molecule has 0 unspecified atom stereocenters. The van der Waals surface area contributed by atoms with Crippen LogP contribution < -0.4 is 25.8 Å². The van der Waals surface area contributed by atoms with Gasteiger partial charge >= 0.3 is 0 Å². The normalized spacial score (nSPS) is 13.9. The number of rotatable bonds is 11. The van der Waals surface area contributed by atoms with Crippen molar-refractivity contribution in [2.45, 2.75) is 38.8 Å². The largest absolute Gasteiger partial charge is 0.491 e. The van der Waals surface area contributed by atoms with Crippen molar-refractivity contribution in [2.24, 2.45) is 0 Å². The second-order valence-corrected chi connectivity index (χ2v) is 10.5. The lowest BCUT2D eigenvalue weighted by Gasteiger charge is -2.24. The first kappa shape index (κ1) is 27.5. The van der Waals surface area contributed by atoms with Gasteiger partial charge in [0.1, 0.15) is 42.0 Å². The zero-order chi connectivity index (χ0) is 28.7. The number of aromatic nitrogens is 5. The van der Waals surface area contributed by atoms with Crippen LogP contribution in [-0.4, -0.2) is 57.9 Å². The fraction of sp³-hybridized carbons (Fsp3) is 0.355. The highest BCUT2D eigenvalue weighted by molar-refractivity contribution is 5.94. The molecular formula is C31H36N8O3. The molecule has 42 heavy (non-hydrogen) atoms. The predicted molar refractivity (Wildman–Crippen MR) is 164 cm³/mol. The number of nitrogens with zero attached hydrogens (tertiary/aromatic N) is 6. The zero-order valence-corrected chi connectivity index (χ0v) is 23.6. The van der Waals surface area contributed by atoms with E-state index < -0.39 is 0 Å². The summed E-state index contributed by atoms with van der Waals surface area (Å²) in [5, 5.41) is 10.5. The molecule has 1 saturated heterocycles. The summed E-state index contributed by atoms with van der Waals surface area (Å²) < 4.78 is 19.4. The molecule has 11 heteroatoms. The molecule has 4 N–H and O–H groups in total. The van der Waals surface area contributed by atoms with Crippen molar-refractivity contribution in [3.8, 4) is 11.5 Å². The monoisotopic (exact) mass is 568 g/mol. The second kappa shape index (κ2) is 12.9. The minimum Gasteiger partial charge on any atom is -0.491 e. The first-order valence-electron chi connectivity index (χ1n) is 14.4. The van der Waals surface area contributed by atoms with Gasteiger partial charge in [-0.3, -0.25) is 0 Å². The minimum absolute atomic E-state index is 0.315. The number of hydrogen-bond acceptors (Lipinski definition) is 10. The van der Waals surface area contributed by atoms with E-state index in [-0.39, 0.29) is 0 Å². The van der Waals surface area contributed by atoms with Crippen LogP contribution >= 0.6 is 0 Å². The molecule has 6 rings (SSSR count). The van der Waals surface area contributed by atoms with Crippen LogP contribution in [0.2, 0.25) is 0 Å². The Morgan fingerprint density at radius 2 is 1.52 bits per heavy atom. The third-order valence-corrected chi connectivity index (χ3v) is 7.34. The quantitative estimate of drug-likeness (QED) is 0.217. The molecule has 0 saturated carbocycles. The number of ether oxygens (including phenoxy) is 3. The Labute approximate surface area is 244 Å². The standard InChI is InChI=1S/C31H36N8O3/c32-30-10-5-22-17-24(6-8-27(22)34-30)41-16-15-40-14-13-39-20-23(36-37-39)21-42-25-7-9-28-26(18-25)29(19-31(33)35-28)38-11-3-1-2-4-12-38/h5-10,17-20H,1-4,11-16,21H2,(H2,32,34)(H2,33,35). The van der Waals surface area contributed by atoms with E-state index in [0.717, 1.165) is 57.8 Å². The van der Waals surface area contributed by atoms with E-state index >= 15 is 0 Å². The van der Waals surface area contributed by atoms with Gasteiger partial charge in [-0.2, -0.15) is 0 Å². The molecule has 218 valence electrons. The zero-order valence-electron chi connectivity index (χ0n) is 23.6. The topological polar surface area (TPSA) is 139 Å². The molecule has 0 aliphatic carbocycles. The van der Waals surface area contributed by atoms with Crippen molar-refractivity contribution in [3.63, 3.8) is 0 Å². The predicted octanol–water partition coefficient (Wildman–Crippen LogP) is 4.59. The van der Waals surface area contributed by atoms with Gasteiger partial charge in [-0.1, -0.05) is 18.1 Å². The van der Waals surface area contributed by atoms with Gasteiger partial charge in [0.15, 0.2) is 0 Å². The van der Waals surface area contributed by atoms with Crippen molar-refractivity contribution < 1.29 is 14.2 Å². The van der Waals surface area contributed by atoms with Crippen LogP contribution in [-0.2, 0) is 17.9 Å². The average Bonchev–Trinajstić information content (AvgIpc) is 3.28. The number of nitrogens with two attached hydrogens (primary N) is 2. The summed E-state index contributed by atoms with van der Waals surface area (Å²) in [5.41, 5.74) is 15.5. The van der Waals surface area contributed by atoms with E-state index in [1.54, 1.807) is 10.7 Å². The molecule has 0 radical (unpaired) electrons.